The average molecular weight is 314 g/mol. The van der Waals surface area contributed by atoms with Crippen molar-refractivity contribution in [3.63, 3.8) is 0 Å². The van der Waals surface area contributed by atoms with Crippen molar-refractivity contribution in [2.24, 2.45) is 5.92 Å². The number of sulfonamides is 1. The Morgan fingerprint density at radius 2 is 1.86 bits per heavy atom. The minimum absolute atomic E-state index is 0.102. The Bertz CT molecular complexity index is 553. The number of rotatable bonds is 8. The van der Waals surface area contributed by atoms with Gasteiger partial charge in [0.2, 0.25) is 10.0 Å². The third-order valence-corrected chi connectivity index (χ3v) is 4.27. The Kier molecular flexibility index (Phi) is 6.64. The van der Waals surface area contributed by atoms with Crippen LogP contribution in [-0.4, -0.2) is 34.5 Å². The molecular weight excluding hydrogens is 292 g/mol. The first-order valence-corrected chi connectivity index (χ1v) is 8.26. The zero-order valence-corrected chi connectivity index (χ0v) is 13.4. The molecule has 1 amide bonds. The first-order chi connectivity index (χ1) is 9.85. The van der Waals surface area contributed by atoms with E-state index in [9.17, 15) is 13.2 Å². The number of hydrogen-bond donors (Lipinski definition) is 2. The number of carbonyl (C=O) groups is 1. The number of nitrogens with one attached hydrogen (secondary N) is 2. The average Bonchev–Trinajstić information content (AvgIpc) is 2.44. The molecule has 0 fully saturated rings. The van der Waals surface area contributed by atoms with Gasteiger partial charge in [-0.2, -0.15) is 0 Å². The summed E-state index contributed by atoms with van der Waals surface area (Å²) in [5.41, 5.74) is 0. The maximum Gasteiger partial charge on any atom is 0.257 e. The lowest BCUT2D eigenvalue weighted by molar-refractivity contribution is -0.122. The molecule has 0 radical (unpaired) electrons. The first kappa shape index (κ1) is 17.5. The van der Waals surface area contributed by atoms with Gasteiger partial charge in [0.15, 0.2) is 6.61 Å². The highest BCUT2D eigenvalue weighted by molar-refractivity contribution is 7.89. The summed E-state index contributed by atoms with van der Waals surface area (Å²) < 4.78 is 31.8. The van der Waals surface area contributed by atoms with E-state index in [2.05, 4.69) is 10.0 Å². The maximum absolute atomic E-state index is 12.0. The number of hydrogen-bond acceptors (Lipinski definition) is 4. The normalized spacial score (nSPS) is 11.4. The Labute approximate surface area is 125 Å². The van der Waals surface area contributed by atoms with Crippen molar-refractivity contribution in [1.29, 1.82) is 0 Å². The third-order valence-electron chi connectivity index (χ3n) is 2.80. The van der Waals surface area contributed by atoms with Crippen molar-refractivity contribution in [2.45, 2.75) is 25.2 Å². The van der Waals surface area contributed by atoms with Crippen LogP contribution in [0.5, 0.6) is 5.75 Å². The lowest BCUT2D eigenvalue weighted by Gasteiger charge is -2.09. The summed E-state index contributed by atoms with van der Waals surface area (Å²) in [4.78, 5) is 11.2. The standard InChI is InChI=1S/C14H22N2O4S/c1-11(2)8-9-16-21(18,19)13-6-4-12(5-7-13)20-10-14(17)15-3/h4-7,11,16H,8-10H2,1-3H3,(H,15,17). The quantitative estimate of drug-likeness (QED) is 0.753. The summed E-state index contributed by atoms with van der Waals surface area (Å²) >= 11 is 0. The molecule has 1 rings (SSSR count). The van der Waals surface area contributed by atoms with E-state index in [1.54, 1.807) is 0 Å². The van der Waals surface area contributed by atoms with Crippen LogP contribution < -0.4 is 14.8 Å². The SMILES string of the molecule is CNC(=O)COc1ccc(S(=O)(=O)NCCC(C)C)cc1. The smallest absolute Gasteiger partial charge is 0.257 e. The summed E-state index contributed by atoms with van der Waals surface area (Å²) in [5.74, 6) is 0.634. The molecular formula is C14H22N2O4S. The van der Waals surface area contributed by atoms with Crippen molar-refractivity contribution in [3.05, 3.63) is 24.3 Å². The summed E-state index contributed by atoms with van der Waals surface area (Å²) in [7, 11) is -1.98. The molecule has 1 aromatic rings. The van der Waals surface area contributed by atoms with Gasteiger partial charge in [0.25, 0.3) is 5.91 Å². The maximum atomic E-state index is 12.0. The van der Waals surface area contributed by atoms with Crippen LogP contribution in [-0.2, 0) is 14.8 Å². The molecule has 0 saturated carbocycles. The molecule has 118 valence electrons. The van der Waals surface area contributed by atoms with Gasteiger partial charge in [0.1, 0.15) is 5.75 Å². The van der Waals surface area contributed by atoms with E-state index in [4.69, 9.17) is 4.74 Å². The fourth-order valence-corrected chi connectivity index (χ4v) is 2.55. The number of likely N-dealkylation sites (N-methyl/N-ethyl adjacent to an activating group) is 1. The monoisotopic (exact) mass is 314 g/mol. The Balaban J connectivity index is 2.61. The van der Waals surface area contributed by atoms with E-state index in [1.807, 2.05) is 13.8 Å². The summed E-state index contributed by atoms with van der Waals surface area (Å²) in [6.07, 6.45) is 0.784. The Morgan fingerprint density at radius 3 is 2.38 bits per heavy atom. The molecule has 0 unspecified atom stereocenters. The molecule has 0 bridgehead atoms. The predicted molar refractivity (Wildman–Crippen MR) is 80.6 cm³/mol. The van der Waals surface area contributed by atoms with Gasteiger partial charge in [0.05, 0.1) is 4.90 Å². The van der Waals surface area contributed by atoms with Crippen molar-refractivity contribution >= 4 is 15.9 Å². The van der Waals surface area contributed by atoms with Crippen LogP contribution in [0.1, 0.15) is 20.3 Å². The summed E-state index contributed by atoms with van der Waals surface area (Å²) in [6.45, 7) is 4.38. The fraction of sp³-hybridized carbons (Fsp3) is 0.500. The zero-order valence-electron chi connectivity index (χ0n) is 12.5. The lowest BCUT2D eigenvalue weighted by Crippen LogP contribution is -2.26. The van der Waals surface area contributed by atoms with Crippen molar-refractivity contribution < 1.29 is 17.9 Å². The number of benzene rings is 1. The zero-order chi connectivity index (χ0) is 15.9. The second kappa shape index (κ2) is 7.99. The van der Waals surface area contributed by atoms with Crippen LogP contribution in [0.3, 0.4) is 0 Å². The van der Waals surface area contributed by atoms with E-state index in [0.717, 1.165) is 6.42 Å². The van der Waals surface area contributed by atoms with Gasteiger partial charge >= 0.3 is 0 Å². The van der Waals surface area contributed by atoms with E-state index in [1.165, 1.54) is 31.3 Å². The first-order valence-electron chi connectivity index (χ1n) is 6.78. The number of amides is 1. The molecule has 0 saturated heterocycles. The summed E-state index contributed by atoms with van der Waals surface area (Å²) in [5, 5.41) is 2.43. The van der Waals surface area contributed by atoms with Crippen molar-refractivity contribution in [3.8, 4) is 5.75 Å². The molecule has 0 aliphatic heterocycles. The third kappa shape index (κ3) is 6.14. The van der Waals surface area contributed by atoms with Gasteiger partial charge in [-0.3, -0.25) is 4.79 Å². The molecule has 0 aromatic heterocycles. The van der Waals surface area contributed by atoms with Crippen LogP contribution in [0, 0.1) is 5.92 Å². The van der Waals surface area contributed by atoms with E-state index >= 15 is 0 Å². The van der Waals surface area contributed by atoms with Gasteiger partial charge in [-0.25, -0.2) is 13.1 Å². The van der Waals surface area contributed by atoms with Crippen LogP contribution in [0.4, 0.5) is 0 Å². The molecule has 0 heterocycles. The topological polar surface area (TPSA) is 84.5 Å². The molecule has 21 heavy (non-hydrogen) atoms. The molecule has 0 aliphatic rings. The highest BCUT2D eigenvalue weighted by atomic mass is 32.2. The molecule has 6 nitrogen and oxygen atoms in total. The van der Waals surface area contributed by atoms with Gasteiger partial charge in [-0.1, -0.05) is 13.8 Å². The van der Waals surface area contributed by atoms with E-state index in [-0.39, 0.29) is 17.4 Å². The van der Waals surface area contributed by atoms with Crippen molar-refractivity contribution in [1.82, 2.24) is 10.0 Å². The van der Waals surface area contributed by atoms with Gasteiger partial charge in [-0.15, -0.1) is 0 Å². The second-order valence-electron chi connectivity index (χ2n) is 5.01. The second-order valence-corrected chi connectivity index (χ2v) is 6.78. The molecule has 7 heteroatoms. The Morgan fingerprint density at radius 1 is 1.24 bits per heavy atom. The predicted octanol–water partition coefficient (Wildman–Crippen LogP) is 1.14. The molecule has 1 aromatic carbocycles. The van der Waals surface area contributed by atoms with Gasteiger partial charge in [-0.05, 0) is 36.6 Å². The molecule has 0 aliphatic carbocycles. The van der Waals surface area contributed by atoms with Gasteiger partial charge in [0, 0.05) is 13.6 Å². The largest absolute Gasteiger partial charge is 0.484 e. The van der Waals surface area contributed by atoms with E-state index < -0.39 is 10.0 Å². The van der Waals surface area contributed by atoms with Crippen LogP contribution in [0.15, 0.2) is 29.2 Å². The minimum Gasteiger partial charge on any atom is -0.484 e. The van der Waals surface area contributed by atoms with E-state index in [0.29, 0.717) is 18.2 Å². The molecule has 0 atom stereocenters. The molecule has 0 spiro atoms. The highest BCUT2D eigenvalue weighted by Gasteiger charge is 2.13. The molecule has 2 N–H and O–H groups in total. The number of carbonyl (C=O) groups excluding carboxylic acids is 1. The Hall–Kier alpha value is -1.60. The fourth-order valence-electron chi connectivity index (χ4n) is 1.50. The van der Waals surface area contributed by atoms with Crippen LogP contribution in [0.2, 0.25) is 0 Å². The van der Waals surface area contributed by atoms with Crippen molar-refractivity contribution in [2.75, 3.05) is 20.2 Å². The van der Waals surface area contributed by atoms with Crippen LogP contribution in [0.25, 0.3) is 0 Å². The highest BCUT2D eigenvalue weighted by Crippen LogP contribution is 2.16. The summed E-state index contributed by atoms with van der Waals surface area (Å²) in [6, 6.07) is 5.97. The van der Waals surface area contributed by atoms with Crippen LogP contribution >= 0.6 is 0 Å². The lowest BCUT2D eigenvalue weighted by atomic mass is 10.1. The number of ether oxygens (including phenoxy) is 1. The van der Waals surface area contributed by atoms with Gasteiger partial charge < -0.3 is 10.1 Å². The minimum atomic E-state index is -3.49.